The Labute approximate surface area is 266 Å². The van der Waals surface area contributed by atoms with Crippen molar-refractivity contribution in [2.75, 3.05) is 0 Å². The Morgan fingerprint density at radius 2 is 1.78 bits per heavy atom. The predicted octanol–water partition coefficient (Wildman–Crippen LogP) is 7.74. The lowest BCUT2D eigenvalue weighted by atomic mass is 9.75. The minimum Gasteiger partial charge on any atom is -0.478 e. The number of hydrogen-bond acceptors (Lipinski definition) is 4. The molecule has 0 radical (unpaired) electrons. The first-order chi connectivity index (χ1) is 21.6. The van der Waals surface area contributed by atoms with Crippen LogP contribution in [0.3, 0.4) is 0 Å². The molecule has 8 nitrogen and oxygen atoms in total. The molecule has 0 bridgehead atoms. The monoisotopic (exact) mass is 621 g/mol. The molecule has 0 saturated heterocycles. The van der Waals surface area contributed by atoms with Crippen molar-refractivity contribution in [2.24, 2.45) is 14.1 Å². The lowest BCUT2D eigenvalue weighted by Crippen LogP contribution is -2.52. The Hall–Kier alpha value is -4.43. The lowest BCUT2D eigenvalue weighted by molar-refractivity contribution is -0.132. The van der Waals surface area contributed by atoms with Gasteiger partial charge in [0.05, 0.1) is 22.3 Å². The zero-order chi connectivity index (χ0) is 31.5. The first-order valence-electron chi connectivity index (χ1n) is 15.6. The topological polar surface area (TPSA) is 102 Å². The standard InChI is InChI=1S/C36H36ClN5O3/c1-21(34(44)45)17-22-9-12-27-29(18-22)42(3)35(39-27)36(14-6-15-36)40-33(43)25-10-11-26-28(19-25)41(2)32(24-13-16-38-30(37)20-24)31(26)23-7-4-5-8-23/h9-13,16-20,23H,4-8,14-15H2,1-3H3,(H,40,43)(H,44,45)/b21-17+. The smallest absolute Gasteiger partial charge is 0.331 e. The summed E-state index contributed by atoms with van der Waals surface area (Å²) >= 11 is 6.33. The molecule has 1 amide bonds. The lowest BCUT2D eigenvalue weighted by Gasteiger charge is -2.41. The molecule has 2 aliphatic carbocycles. The van der Waals surface area contributed by atoms with Gasteiger partial charge in [-0.1, -0.05) is 36.6 Å². The Morgan fingerprint density at radius 3 is 2.47 bits per heavy atom. The number of nitrogens with zero attached hydrogens (tertiary/aromatic N) is 4. The maximum absolute atomic E-state index is 14.0. The number of aliphatic carboxylic acids is 1. The molecule has 0 aliphatic heterocycles. The van der Waals surface area contributed by atoms with E-state index in [2.05, 4.69) is 28.0 Å². The van der Waals surface area contributed by atoms with Gasteiger partial charge >= 0.3 is 5.97 Å². The summed E-state index contributed by atoms with van der Waals surface area (Å²) < 4.78 is 4.23. The maximum atomic E-state index is 14.0. The maximum Gasteiger partial charge on any atom is 0.331 e. The number of halogens is 1. The van der Waals surface area contributed by atoms with Crippen LogP contribution in [0.5, 0.6) is 0 Å². The number of aromatic nitrogens is 4. The number of carbonyl (C=O) groups excluding carboxylic acids is 1. The second kappa shape index (κ2) is 11.2. The van der Waals surface area contributed by atoms with Crippen molar-refractivity contribution < 1.29 is 14.7 Å². The molecule has 5 aromatic rings. The van der Waals surface area contributed by atoms with Crippen LogP contribution in [0, 0.1) is 0 Å². The van der Waals surface area contributed by atoms with Gasteiger partial charge in [0, 0.05) is 47.9 Å². The molecule has 230 valence electrons. The molecule has 0 atom stereocenters. The number of aryl methyl sites for hydroxylation is 2. The van der Waals surface area contributed by atoms with Crippen LogP contribution in [-0.4, -0.2) is 36.1 Å². The summed E-state index contributed by atoms with van der Waals surface area (Å²) in [6, 6.07) is 15.7. The zero-order valence-electron chi connectivity index (χ0n) is 25.7. The number of hydrogen-bond donors (Lipinski definition) is 2. The molecule has 7 rings (SSSR count). The summed E-state index contributed by atoms with van der Waals surface area (Å²) in [6.45, 7) is 1.58. The van der Waals surface area contributed by atoms with Crippen LogP contribution in [0.2, 0.25) is 5.15 Å². The highest BCUT2D eigenvalue weighted by molar-refractivity contribution is 6.29. The van der Waals surface area contributed by atoms with Crippen molar-refractivity contribution >= 4 is 51.5 Å². The van der Waals surface area contributed by atoms with Crippen LogP contribution in [0.4, 0.5) is 0 Å². The van der Waals surface area contributed by atoms with Crippen molar-refractivity contribution in [1.82, 2.24) is 24.4 Å². The first-order valence-corrected chi connectivity index (χ1v) is 16.0. The summed E-state index contributed by atoms with van der Waals surface area (Å²) in [5, 5.41) is 14.3. The normalized spacial score (nSPS) is 16.8. The molecule has 0 spiro atoms. The fraction of sp³-hybridized carbons (Fsp3) is 0.333. The largest absolute Gasteiger partial charge is 0.478 e. The Kier molecular flexibility index (Phi) is 7.28. The Morgan fingerprint density at radius 1 is 1.00 bits per heavy atom. The molecule has 3 aromatic heterocycles. The number of benzene rings is 2. The van der Waals surface area contributed by atoms with Gasteiger partial charge in [-0.25, -0.2) is 14.8 Å². The molecule has 2 saturated carbocycles. The number of rotatable bonds is 7. The third kappa shape index (κ3) is 5.01. The number of amides is 1. The molecular formula is C36H36ClN5O3. The van der Waals surface area contributed by atoms with E-state index in [4.69, 9.17) is 16.6 Å². The van der Waals surface area contributed by atoms with E-state index in [0.717, 1.165) is 71.3 Å². The van der Waals surface area contributed by atoms with E-state index in [1.807, 2.05) is 54.1 Å². The van der Waals surface area contributed by atoms with Gasteiger partial charge in [0.15, 0.2) is 0 Å². The van der Waals surface area contributed by atoms with Crippen molar-refractivity contribution in [3.63, 3.8) is 0 Å². The third-order valence-electron chi connectivity index (χ3n) is 9.88. The average molecular weight is 622 g/mol. The van der Waals surface area contributed by atoms with E-state index >= 15 is 0 Å². The number of carbonyl (C=O) groups is 2. The average Bonchev–Trinajstić information content (AvgIpc) is 3.72. The van der Waals surface area contributed by atoms with E-state index < -0.39 is 11.5 Å². The molecule has 0 unspecified atom stereocenters. The van der Waals surface area contributed by atoms with E-state index in [-0.39, 0.29) is 11.5 Å². The number of carboxylic acids is 1. The molecule has 45 heavy (non-hydrogen) atoms. The van der Waals surface area contributed by atoms with Gasteiger partial charge < -0.3 is 19.6 Å². The van der Waals surface area contributed by atoms with Crippen LogP contribution < -0.4 is 5.32 Å². The molecular weight excluding hydrogens is 586 g/mol. The number of nitrogens with one attached hydrogen (secondary N) is 1. The van der Waals surface area contributed by atoms with Gasteiger partial charge in [-0.2, -0.15) is 0 Å². The van der Waals surface area contributed by atoms with E-state index in [0.29, 0.717) is 16.6 Å². The molecule has 2 aromatic carbocycles. The quantitative estimate of drug-likeness (QED) is 0.143. The minimum atomic E-state index is -0.946. The molecule has 9 heteroatoms. The van der Waals surface area contributed by atoms with E-state index in [9.17, 15) is 14.7 Å². The Bertz CT molecular complexity index is 2030. The Balaban J connectivity index is 1.25. The van der Waals surface area contributed by atoms with Gasteiger partial charge in [0.25, 0.3) is 5.91 Å². The minimum absolute atomic E-state index is 0.124. The summed E-state index contributed by atoms with van der Waals surface area (Å²) in [4.78, 5) is 34.5. The second-order valence-electron chi connectivity index (χ2n) is 12.7. The summed E-state index contributed by atoms with van der Waals surface area (Å²) in [6.07, 6.45) is 10.8. The second-order valence-corrected chi connectivity index (χ2v) is 13.1. The van der Waals surface area contributed by atoms with Crippen molar-refractivity contribution in [1.29, 1.82) is 0 Å². The molecule has 2 fully saturated rings. The highest BCUT2D eigenvalue weighted by Crippen LogP contribution is 2.45. The molecule has 2 N–H and O–H groups in total. The summed E-state index contributed by atoms with van der Waals surface area (Å²) in [5.74, 6) is 0.211. The number of carboxylic acid groups (broad SMARTS) is 1. The highest BCUT2D eigenvalue weighted by Gasteiger charge is 2.44. The first kappa shape index (κ1) is 29.3. The van der Waals surface area contributed by atoms with Crippen LogP contribution in [0.1, 0.15) is 85.1 Å². The number of pyridine rings is 1. The van der Waals surface area contributed by atoms with Gasteiger partial charge in [-0.3, -0.25) is 4.79 Å². The van der Waals surface area contributed by atoms with Crippen LogP contribution in [0.25, 0.3) is 39.3 Å². The van der Waals surface area contributed by atoms with E-state index in [1.54, 1.807) is 19.2 Å². The van der Waals surface area contributed by atoms with Crippen LogP contribution in [-0.2, 0) is 24.4 Å². The zero-order valence-corrected chi connectivity index (χ0v) is 26.5. The fourth-order valence-corrected chi connectivity index (χ4v) is 7.57. The van der Waals surface area contributed by atoms with Gasteiger partial charge in [-0.05, 0) is 98.5 Å². The predicted molar refractivity (Wildman–Crippen MR) is 177 cm³/mol. The van der Waals surface area contributed by atoms with E-state index in [1.165, 1.54) is 23.8 Å². The summed E-state index contributed by atoms with van der Waals surface area (Å²) in [5.41, 5.74) is 7.34. The van der Waals surface area contributed by atoms with Gasteiger partial charge in [0.1, 0.15) is 11.0 Å². The summed E-state index contributed by atoms with van der Waals surface area (Å²) in [7, 11) is 4.03. The fourth-order valence-electron chi connectivity index (χ4n) is 7.39. The third-order valence-corrected chi connectivity index (χ3v) is 10.1. The SMILES string of the molecule is C/C(=C\c1ccc2nc(C3(NC(=O)c4ccc5c(C6CCCC6)c(-c6ccnc(Cl)c6)n(C)c5c4)CCC3)n(C)c2c1)C(=O)O. The van der Waals surface area contributed by atoms with Crippen molar-refractivity contribution in [2.45, 2.75) is 63.3 Å². The number of fused-ring (bicyclic) bond motifs is 2. The van der Waals surface area contributed by atoms with Crippen molar-refractivity contribution in [3.05, 3.63) is 88.0 Å². The highest BCUT2D eigenvalue weighted by atomic mass is 35.5. The number of imidazole rings is 1. The van der Waals surface area contributed by atoms with Crippen LogP contribution in [0.15, 0.2) is 60.3 Å². The molecule has 2 aliphatic rings. The van der Waals surface area contributed by atoms with Gasteiger partial charge in [-0.15, -0.1) is 0 Å². The van der Waals surface area contributed by atoms with Gasteiger partial charge in [0.2, 0.25) is 0 Å². The molecule has 3 heterocycles. The van der Waals surface area contributed by atoms with Crippen molar-refractivity contribution in [3.8, 4) is 11.3 Å². The van der Waals surface area contributed by atoms with Crippen LogP contribution >= 0.6 is 11.6 Å².